The first-order valence-electron chi connectivity index (χ1n) is 5.79. The third-order valence-corrected chi connectivity index (χ3v) is 3.84. The summed E-state index contributed by atoms with van der Waals surface area (Å²) in [6.45, 7) is 1.17. The van der Waals surface area contributed by atoms with Crippen LogP contribution < -0.4 is 10.1 Å². The number of benzene rings is 1. The smallest absolute Gasteiger partial charge is 0.122 e. The molecule has 1 aliphatic heterocycles. The summed E-state index contributed by atoms with van der Waals surface area (Å²) in [5.74, 6) is 1.81. The highest BCUT2D eigenvalue weighted by Gasteiger charge is 2.33. The molecular formula is C13H17NO. The molecule has 15 heavy (non-hydrogen) atoms. The van der Waals surface area contributed by atoms with Crippen LogP contribution in [-0.4, -0.2) is 19.7 Å². The molecule has 2 atom stereocenters. The van der Waals surface area contributed by atoms with Gasteiger partial charge in [-0.1, -0.05) is 12.1 Å². The second-order valence-corrected chi connectivity index (χ2v) is 4.52. The van der Waals surface area contributed by atoms with E-state index in [0.29, 0.717) is 6.04 Å². The van der Waals surface area contributed by atoms with Crippen molar-refractivity contribution in [1.82, 2.24) is 5.32 Å². The predicted octanol–water partition coefficient (Wildman–Crippen LogP) is 2.09. The Labute approximate surface area is 90.6 Å². The van der Waals surface area contributed by atoms with E-state index in [0.717, 1.165) is 18.1 Å². The zero-order chi connectivity index (χ0) is 10.3. The summed E-state index contributed by atoms with van der Waals surface area (Å²) in [5, 5.41) is 3.60. The molecule has 2 heteroatoms. The van der Waals surface area contributed by atoms with Gasteiger partial charge in [0.25, 0.3) is 0 Å². The van der Waals surface area contributed by atoms with Gasteiger partial charge in [-0.3, -0.25) is 0 Å². The van der Waals surface area contributed by atoms with E-state index in [2.05, 4.69) is 23.5 Å². The fraction of sp³-hybridized carbons (Fsp3) is 0.538. The van der Waals surface area contributed by atoms with Gasteiger partial charge in [-0.15, -0.1) is 0 Å². The SMILES string of the molecule is COc1cccc2c1CC[C@H]1NCC[C@@H]21. The molecule has 0 radical (unpaired) electrons. The largest absolute Gasteiger partial charge is 0.496 e. The van der Waals surface area contributed by atoms with Crippen molar-refractivity contribution < 1.29 is 4.74 Å². The van der Waals surface area contributed by atoms with Gasteiger partial charge in [-0.2, -0.15) is 0 Å². The van der Waals surface area contributed by atoms with Crippen LogP contribution in [0.15, 0.2) is 18.2 Å². The summed E-state index contributed by atoms with van der Waals surface area (Å²) in [5.41, 5.74) is 2.97. The lowest BCUT2D eigenvalue weighted by Crippen LogP contribution is -2.30. The van der Waals surface area contributed by atoms with Crippen LogP contribution in [-0.2, 0) is 6.42 Å². The lowest BCUT2D eigenvalue weighted by Gasteiger charge is -2.29. The third kappa shape index (κ3) is 1.36. The second-order valence-electron chi connectivity index (χ2n) is 4.52. The van der Waals surface area contributed by atoms with E-state index in [4.69, 9.17) is 4.74 Å². The van der Waals surface area contributed by atoms with Crippen LogP contribution in [0, 0.1) is 0 Å². The van der Waals surface area contributed by atoms with E-state index in [9.17, 15) is 0 Å². The molecule has 1 aromatic rings. The minimum Gasteiger partial charge on any atom is -0.496 e. The van der Waals surface area contributed by atoms with Crippen LogP contribution >= 0.6 is 0 Å². The molecule has 1 fully saturated rings. The van der Waals surface area contributed by atoms with Gasteiger partial charge in [0.1, 0.15) is 5.75 Å². The topological polar surface area (TPSA) is 21.3 Å². The van der Waals surface area contributed by atoms with Crippen molar-refractivity contribution in [3.8, 4) is 5.75 Å². The number of hydrogen-bond acceptors (Lipinski definition) is 2. The summed E-state index contributed by atoms with van der Waals surface area (Å²) >= 11 is 0. The zero-order valence-electron chi connectivity index (χ0n) is 9.12. The maximum atomic E-state index is 5.44. The first-order valence-corrected chi connectivity index (χ1v) is 5.79. The number of methoxy groups -OCH3 is 1. The molecule has 1 N–H and O–H groups in total. The number of fused-ring (bicyclic) bond motifs is 3. The molecular weight excluding hydrogens is 186 g/mol. The lowest BCUT2D eigenvalue weighted by molar-refractivity contribution is 0.398. The van der Waals surface area contributed by atoms with E-state index in [-0.39, 0.29) is 0 Å². The average molecular weight is 203 g/mol. The van der Waals surface area contributed by atoms with Crippen LogP contribution in [0.25, 0.3) is 0 Å². The van der Waals surface area contributed by atoms with Crippen LogP contribution in [0.5, 0.6) is 5.75 Å². The van der Waals surface area contributed by atoms with Gasteiger partial charge >= 0.3 is 0 Å². The third-order valence-electron chi connectivity index (χ3n) is 3.84. The number of rotatable bonds is 1. The maximum Gasteiger partial charge on any atom is 0.122 e. The van der Waals surface area contributed by atoms with E-state index >= 15 is 0 Å². The van der Waals surface area contributed by atoms with Crippen LogP contribution in [0.2, 0.25) is 0 Å². The van der Waals surface area contributed by atoms with Gasteiger partial charge in [0, 0.05) is 12.0 Å². The van der Waals surface area contributed by atoms with Crippen LogP contribution in [0.1, 0.15) is 29.9 Å². The molecule has 1 saturated heterocycles. The molecule has 0 bridgehead atoms. The van der Waals surface area contributed by atoms with Crippen molar-refractivity contribution in [2.75, 3.05) is 13.7 Å². The molecule has 0 amide bonds. The Morgan fingerprint density at radius 3 is 3.13 bits per heavy atom. The Morgan fingerprint density at radius 1 is 1.33 bits per heavy atom. The van der Waals surface area contributed by atoms with E-state index in [1.807, 2.05) is 0 Å². The Hall–Kier alpha value is -1.02. The first-order chi connectivity index (χ1) is 7.40. The van der Waals surface area contributed by atoms with Gasteiger partial charge in [0.05, 0.1) is 7.11 Å². The van der Waals surface area contributed by atoms with Crippen molar-refractivity contribution in [3.63, 3.8) is 0 Å². The number of nitrogens with one attached hydrogen (secondary N) is 1. The van der Waals surface area contributed by atoms with Crippen molar-refractivity contribution in [2.45, 2.75) is 31.2 Å². The molecule has 2 nitrogen and oxygen atoms in total. The Kier molecular flexibility index (Phi) is 2.17. The Morgan fingerprint density at radius 2 is 2.27 bits per heavy atom. The highest BCUT2D eigenvalue weighted by Crippen LogP contribution is 2.40. The highest BCUT2D eigenvalue weighted by molar-refractivity contribution is 5.45. The molecule has 0 aromatic heterocycles. The van der Waals surface area contributed by atoms with Crippen molar-refractivity contribution in [3.05, 3.63) is 29.3 Å². The van der Waals surface area contributed by atoms with Gasteiger partial charge in [0.2, 0.25) is 0 Å². The summed E-state index contributed by atoms with van der Waals surface area (Å²) in [7, 11) is 1.77. The molecule has 0 saturated carbocycles. The molecule has 2 aliphatic rings. The monoisotopic (exact) mass is 203 g/mol. The van der Waals surface area contributed by atoms with E-state index in [1.54, 1.807) is 7.11 Å². The van der Waals surface area contributed by atoms with Gasteiger partial charge in [-0.05, 0) is 43.0 Å². The fourth-order valence-electron chi connectivity index (χ4n) is 3.13. The Bertz CT molecular complexity index is 375. The molecule has 3 rings (SSSR count). The summed E-state index contributed by atoms with van der Waals surface area (Å²) in [6, 6.07) is 7.20. The number of hydrogen-bond donors (Lipinski definition) is 1. The minimum absolute atomic E-state index is 0.713. The number of ether oxygens (including phenoxy) is 1. The van der Waals surface area contributed by atoms with Crippen molar-refractivity contribution in [1.29, 1.82) is 0 Å². The second kappa shape index (κ2) is 3.53. The van der Waals surface area contributed by atoms with Gasteiger partial charge in [0.15, 0.2) is 0 Å². The molecule has 80 valence electrons. The molecule has 1 aliphatic carbocycles. The summed E-state index contributed by atoms with van der Waals surface area (Å²) in [4.78, 5) is 0. The van der Waals surface area contributed by atoms with E-state index in [1.165, 1.54) is 30.5 Å². The maximum absolute atomic E-state index is 5.44. The summed E-state index contributed by atoms with van der Waals surface area (Å²) < 4.78 is 5.44. The quantitative estimate of drug-likeness (QED) is 0.754. The Balaban J connectivity index is 2.07. The lowest BCUT2D eigenvalue weighted by atomic mass is 9.79. The predicted molar refractivity (Wildman–Crippen MR) is 60.5 cm³/mol. The normalized spacial score (nSPS) is 28.3. The first kappa shape index (κ1) is 9.22. The van der Waals surface area contributed by atoms with Crippen LogP contribution in [0.3, 0.4) is 0 Å². The molecule has 0 spiro atoms. The average Bonchev–Trinajstić information content (AvgIpc) is 2.76. The van der Waals surface area contributed by atoms with Gasteiger partial charge < -0.3 is 10.1 Å². The summed E-state index contributed by atoms with van der Waals surface area (Å²) in [6.07, 6.45) is 3.70. The molecule has 1 heterocycles. The molecule has 1 aromatic carbocycles. The highest BCUT2D eigenvalue weighted by atomic mass is 16.5. The minimum atomic E-state index is 0.713. The van der Waals surface area contributed by atoms with Crippen molar-refractivity contribution >= 4 is 0 Å². The van der Waals surface area contributed by atoms with Crippen molar-refractivity contribution in [2.24, 2.45) is 0 Å². The van der Waals surface area contributed by atoms with E-state index < -0.39 is 0 Å². The molecule has 0 unspecified atom stereocenters. The van der Waals surface area contributed by atoms with Gasteiger partial charge in [-0.25, -0.2) is 0 Å². The standard InChI is InChI=1S/C13H17NO/c1-15-13-4-2-3-9-10-7-8-14-12(10)6-5-11(9)13/h2-4,10,12,14H,5-8H2,1H3/t10-,12+/m0/s1. The van der Waals surface area contributed by atoms with Crippen LogP contribution in [0.4, 0.5) is 0 Å². The zero-order valence-corrected chi connectivity index (χ0v) is 9.12. The fourth-order valence-corrected chi connectivity index (χ4v) is 3.13.